The minimum atomic E-state index is -0.431. The summed E-state index contributed by atoms with van der Waals surface area (Å²) >= 11 is 0. The number of hydrogen-bond donors (Lipinski definition) is 1. The molecule has 0 spiro atoms. The van der Waals surface area contributed by atoms with Gasteiger partial charge < -0.3 is 19.9 Å². The number of ether oxygens (including phenoxy) is 1. The van der Waals surface area contributed by atoms with Gasteiger partial charge in [0.05, 0.1) is 0 Å². The van der Waals surface area contributed by atoms with Gasteiger partial charge in [-0.1, -0.05) is 13.8 Å². The fourth-order valence-electron chi connectivity index (χ4n) is 3.19. The third kappa shape index (κ3) is 7.39. The van der Waals surface area contributed by atoms with E-state index in [0.717, 1.165) is 51.2 Å². The summed E-state index contributed by atoms with van der Waals surface area (Å²) in [6.07, 6.45) is 3.81. The van der Waals surface area contributed by atoms with Gasteiger partial charge in [0.25, 0.3) is 0 Å². The molecule has 1 unspecified atom stereocenters. The zero-order valence-electron chi connectivity index (χ0n) is 16.3. The summed E-state index contributed by atoms with van der Waals surface area (Å²) in [6.45, 7) is 16.0. The lowest BCUT2D eigenvalue weighted by molar-refractivity contribution is 0.0213. The zero-order chi connectivity index (χ0) is 17.7. The monoisotopic (exact) mass is 339 g/mol. The van der Waals surface area contributed by atoms with Crippen molar-refractivity contribution in [3.8, 4) is 0 Å². The molecule has 1 saturated carbocycles. The molecule has 1 heterocycles. The molecule has 140 valence electrons. The highest BCUT2D eigenvalue weighted by atomic mass is 16.6. The maximum Gasteiger partial charge on any atom is 0.410 e. The first-order chi connectivity index (χ1) is 11.2. The summed E-state index contributed by atoms with van der Waals surface area (Å²) < 4.78 is 5.57. The molecule has 0 aromatic heterocycles. The van der Waals surface area contributed by atoms with E-state index in [-0.39, 0.29) is 6.09 Å². The molecule has 0 aromatic rings. The number of nitrogens with zero attached hydrogens (tertiary/aromatic N) is 2. The van der Waals surface area contributed by atoms with Crippen LogP contribution < -0.4 is 5.32 Å². The minimum Gasteiger partial charge on any atom is -0.444 e. The first kappa shape index (κ1) is 19.5. The number of amides is 1. The molecular formula is C19H37N3O2. The van der Waals surface area contributed by atoms with Crippen molar-refractivity contribution in [2.24, 2.45) is 11.8 Å². The highest BCUT2D eigenvalue weighted by Crippen LogP contribution is 2.21. The van der Waals surface area contributed by atoms with E-state index in [1.54, 1.807) is 0 Å². The third-order valence-corrected chi connectivity index (χ3v) is 4.57. The zero-order valence-corrected chi connectivity index (χ0v) is 16.3. The van der Waals surface area contributed by atoms with E-state index in [4.69, 9.17) is 4.74 Å². The van der Waals surface area contributed by atoms with Crippen LogP contribution in [0, 0.1) is 11.8 Å². The van der Waals surface area contributed by atoms with Crippen LogP contribution in [0.4, 0.5) is 4.79 Å². The van der Waals surface area contributed by atoms with Gasteiger partial charge in [0.2, 0.25) is 0 Å². The Labute approximate surface area is 148 Å². The number of rotatable bonds is 8. The maximum atomic E-state index is 12.4. The van der Waals surface area contributed by atoms with Crippen LogP contribution in [0.15, 0.2) is 0 Å². The fourth-order valence-corrected chi connectivity index (χ4v) is 3.19. The van der Waals surface area contributed by atoms with Gasteiger partial charge in [0.1, 0.15) is 5.60 Å². The maximum absolute atomic E-state index is 12.4. The smallest absolute Gasteiger partial charge is 0.410 e. The van der Waals surface area contributed by atoms with Crippen molar-refractivity contribution in [1.29, 1.82) is 0 Å². The predicted molar refractivity (Wildman–Crippen MR) is 98.2 cm³/mol. The van der Waals surface area contributed by atoms with E-state index in [1.807, 2.05) is 25.7 Å². The van der Waals surface area contributed by atoms with Crippen LogP contribution >= 0.6 is 0 Å². The Morgan fingerprint density at radius 2 is 2.00 bits per heavy atom. The summed E-state index contributed by atoms with van der Waals surface area (Å²) in [5.41, 5.74) is -0.431. The predicted octanol–water partition coefficient (Wildman–Crippen LogP) is 2.95. The van der Waals surface area contributed by atoms with Crippen molar-refractivity contribution < 1.29 is 9.53 Å². The van der Waals surface area contributed by atoms with Crippen LogP contribution in [0.5, 0.6) is 0 Å². The van der Waals surface area contributed by atoms with Gasteiger partial charge in [-0.2, -0.15) is 0 Å². The molecule has 24 heavy (non-hydrogen) atoms. The molecule has 1 saturated heterocycles. The van der Waals surface area contributed by atoms with Crippen LogP contribution in [0.25, 0.3) is 0 Å². The lowest BCUT2D eigenvalue weighted by atomic mass is 10.1. The first-order valence-electron chi connectivity index (χ1n) is 9.66. The number of carbonyl (C=O) groups excluding carboxylic acids is 1. The molecule has 5 nitrogen and oxygen atoms in total. The molecule has 0 aromatic carbocycles. The van der Waals surface area contributed by atoms with Crippen LogP contribution in [0.1, 0.15) is 53.9 Å². The SMILES string of the molecule is CC(C)CN(CCN1CCC(CNC2CC2)C1)C(=O)OC(C)(C)C. The summed E-state index contributed by atoms with van der Waals surface area (Å²) in [5.74, 6) is 1.22. The number of nitrogens with one attached hydrogen (secondary N) is 1. The van der Waals surface area contributed by atoms with Crippen LogP contribution in [-0.4, -0.2) is 66.8 Å². The Morgan fingerprint density at radius 1 is 1.29 bits per heavy atom. The largest absolute Gasteiger partial charge is 0.444 e. The van der Waals surface area contributed by atoms with Crippen molar-refractivity contribution in [2.75, 3.05) is 39.3 Å². The molecule has 1 aliphatic heterocycles. The molecule has 1 amide bonds. The highest BCUT2D eigenvalue weighted by Gasteiger charge is 2.27. The molecule has 1 atom stereocenters. The second-order valence-electron chi connectivity index (χ2n) is 8.96. The van der Waals surface area contributed by atoms with Gasteiger partial charge in [-0.25, -0.2) is 4.79 Å². The van der Waals surface area contributed by atoms with E-state index in [0.29, 0.717) is 5.92 Å². The average molecular weight is 340 g/mol. The van der Waals surface area contributed by atoms with Gasteiger partial charge in [-0.05, 0) is 65.0 Å². The van der Waals surface area contributed by atoms with Crippen LogP contribution in [0.3, 0.4) is 0 Å². The van der Waals surface area contributed by atoms with Gasteiger partial charge >= 0.3 is 6.09 Å². The standard InChI is InChI=1S/C19H37N3O2/c1-15(2)13-22(18(23)24-19(3,4)5)11-10-21-9-8-16(14-21)12-20-17-6-7-17/h15-17,20H,6-14H2,1-5H3. The fraction of sp³-hybridized carbons (Fsp3) is 0.947. The van der Waals surface area contributed by atoms with Gasteiger partial charge in [0.15, 0.2) is 0 Å². The van der Waals surface area contributed by atoms with E-state index >= 15 is 0 Å². The lowest BCUT2D eigenvalue weighted by Crippen LogP contribution is -2.43. The second-order valence-corrected chi connectivity index (χ2v) is 8.96. The van der Waals surface area contributed by atoms with Crippen molar-refractivity contribution in [3.05, 3.63) is 0 Å². The number of hydrogen-bond acceptors (Lipinski definition) is 4. The van der Waals surface area contributed by atoms with Crippen LogP contribution in [0.2, 0.25) is 0 Å². The highest BCUT2D eigenvalue weighted by molar-refractivity contribution is 5.68. The quantitative estimate of drug-likeness (QED) is 0.738. The summed E-state index contributed by atoms with van der Waals surface area (Å²) in [4.78, 5) is 16.8. The van der Waals surface area contributed by atoms with Crippen LogP contribution in [-0.2, 0) is 4.74 Å². The summed E-state index contributed by atoms with van der Waals surface area (Å²) in [7, 11) is 0. The summed E-state index contributed by atoms with van der Waals surface area (Å²) in [6, 6.07) is 0.799. The van der Waals surface area contributed by atoms with E-state index in [2.05, 4.69) is 24.1 Å². The second kappa shape index (κ2) is 8.52. The minimum absolute atomic E-state index is 0.178. The molecule has 0 radical (unpaired) electrons. The Balaban J connectivity index is 1.74. The summed E-state index contributed by atoms with van der Waals surface area (Å²) in [5, 5.41) is 3.64. The van der Waals surface area contributed by atoms with E-state index in [9.17, 15) is 4.79 Å². The molecule has 0 bridgehead atoms. The normalized spacial score (nSPS) is 22.2. The Bertz CT molecular complexity index is 402. The average Bonchev–Trinajstić information content (AvgIpc) is 3.17. The Hall–Kier alpha value is -0.810. The van der Waals surface area contributed by atoms with E-state index in [1.165, 1.54) is 19.3 Å². The molecule has 2 fully saturated rings. The molecule has 2 aliphatic rings. The Kier molecular flexibility index (Phi) is 6.93. The van der Waals surface area contributed by atoms with Gasteiger partial charge in [-0.3, -0.25) is 0 Å². The molecular weight excluding hydrogens is 302 g/mol. The topological polar surface area (TPSA) is 44.8 Å². The van der Waals surface area contributed by atoms with Crippen molar-refractivity contribution >= 4 is 6.09 Å². The van der Waals surface area contributed by atoms with E-state index < -0.39 is 5.60 Å². The van der Waals surface area contributed by atoms with Crippen molar-refractivity contribution in [3.63, 3.8) is 0 Å². The lowest BCUT2D eigenvalue weighted by Gasteiger charge is -2.30. The van der Waals surface area contributed by atoms with Crippen molar-refractivity contribution in [2.45, 2.75) is 65.5 Å². The Morgan fingerprint density at radius 3 is 2.58 bits per heavy atom. The first-order valence-corrected chi connectivity index (χ1v) is 9.66. The number of carbonyl (C=O) groups is 1. The van der Waals surface area contributed by atoms with Crippen molar-refractivity contribution in [1.82, 2.24) is 15.1 Å². The third-order valence-electron chi connectivity index (χ3n) is 4.57. The van der Waals surface area contributed by atoms with Gasteiger partial charge in [0, 0.05) is 32.2 Å². The molecule has 5 heteroatoms. The van der Waals surface area contributed by atoms with Gasteiger partial charge in [-0.15, -0.1) is 0 Å². The molecule has 1 N–H and O–H groups in total. The molecule has 2 rings (SSSR count). The molecule has 1 aliphatic carbocycles. The number of likely N-dealkylation sites (tertiary alicyclic amines) is 1.